The second-order valence-corrected chi connectivity index (χ2v) is 3.63. The lowest BCUT2D eigenvalue weighted by Crippen LogP contribution is -2.14. The van der Waals surface area contributed by atoms with Crippen molar-refractivity contribution in [3.63, 3.8) is 0 Å². The Hall–Kier alpha value is -0.730. The summed E-state index contributed by atoms with van der Waals surface area (Å²) < 4.78 is 0. The van der Waals surface area contributed by atoms with E-state index in [0.717, 1.165) is 11.6 Å². The Morgan fingerprint density at radius 1 is 1.38 bits per heavy atom. The first-order valence-corrected chi connectivity index (χ1v) is 4.63. The minimum Gasteiger partial charge on any atom is -0.377 e. The molecule has 1 aromatic carbocycles. The molecule has 1 rings (SSSR count). The van der Waals surface area contributed by atoms with Gasteiger partial charge in [-0.05, 0) is 24.7 Å². The van der Waals surface area contributed by atoms with Crippen molar-refractivity contribution in [2.24, 2.45) is 0 Å². The van der Waals surface area contributed by atoms with E-state index >= 15 is 0 Å². The molecule has 0 saturated heterocycles. The van der Waals surface area contributed by atoms with E-state index in [0.29, 0.717) is 0 Å². The maximum atomic E-state index is 5.91. The van der Waals surface area contributed by atoms with Crippen LogP contribution in [-0.4, -0.2) is 21.1 Å². The van der Waals surface area contributed by atoms with E-state index in [9.17, 15) is 0 Å². The normalized spacial score (nSPS) is 10.2. The second-order valence-electron chi connectivity index (χ2n) is 3.20. The highest BCUT2D eigenvalue weighted by Gasteiger charge is 2.03. The Bertz CT molecular complexity index is 284. The highest BCUT2D eigenvalue weighted by atomic mass is 35.5. The monoisotopic (exact) mass is 198 g/mol. The topological polar surface area (TPSA) is 15.3 Å². The van der Waals surface area contributed by atoms with Crippen LogP contribution >= 0.6 is 11.6 Å². The van der Waals surface area contributed by atoms with Crippen LogP contribution in [0.5, 0.6) is 0 Å². The van der Waals surface area contributed by atoms with Gasteiger partial charge in [-0.2, -0.15) is 0 Å². The number of hydrogen-bond donors (Lipinski definition) is 1. The van der Waals surface area contributed by atoms with Crippen molar-refractivity contribution >= 4 is 17.3 Å². The van der Waals surface area contributed by atoms with Gasteiger partial charge in [0.2, 0.25) is 0 Å². The third-order valence-corrected chi connectivity index (χ3v) is 2.13. The summed E-state index contributed by atoms with van der Waals surface area (Å²) in [6.07, 6.45) is 0. The van der Waals surface area contributed by atoms with Gasteiger partial charge in [0.05, 0.1) is 0 Å². The Morgan fingerprint density at radius 2 is 2.08 bits per heavy atom. The van der Waals surface area contributed by atoms with Crippen molar-refractivity contribution in [2.45, 2.75) is 6.54 Å². The van der Waals surface area contributed by atoms with Gasteiger partial charge in [0.1, 0.15) is 0 Å². The molecule has 0 radical (unpaired) electrons. The number of rotatable bonds is 3. The molecule has 13 heavy (non-hydrogen) atoms. The molecule has 0 bridgehead atoms. The summed E-state index contributed by atoms with van der Waals surface area (Å²) in [5.74, 6) is 0. The fraction of sp³-hybridized carbons (Fsp3) is 0.400. The van der Waals surface area contributed by atoms with Crippen molar-refractivity contribution in [1.82, 2.24) is 5.32 Å². The zero-order valence-electron chi connectivity index (χ0n) is 8.26. The van der Waals surface area contributed by atoms with Gasteiger partial charge in [0.25, 0.3) is 0 Å². The van der Waals surface area contributed by atoms with Gasteiger partial charge in [-0.3, -0.25) is 0 Å². The van der Waals surface area contributed by atoms with E-state index in [-0.39, 0.29) is 0 Å². The van der Waals surface area contributed by atoms with E-state index in [1.165, 1.54) is 11.3 Å². The molecule has 0 atom stereocenters. The molecule has 0 amide bonds. The lowest BCUT2D eigenvalue weighted by molar-refractivity contribution is 0.814. The maximum Gasteiger partial charge on any atom is 0.0426 e. The molecule has 0 aliphatic rings. The zero-order valence-corrected chi connectivity index (χ0v) is 9.02. The van der Waals surface area contributed by atoms with E-state index in [1.54, 1.807) is 0 Å². The first kappa shape index (κ1) is 10.4. The van der Waals surface area contributed by atoms with Gasteiger partial charge in [-0.25, -0.2) is 0 Å². The van der Waals surface area contributed by atoms with Crippen LogP contribution in [0.15, 0.2) is 18.2 Å². The summed E-state index contributed by atoms with van der Waals surface area (Å²) in [5, 5.41) is 3.91. The van der Waals surface area contributed by atoms with Gasteiger partial charge in [-0.15, -0.1) is 0 Å². The molecule has 0 spiro atoms. The van der Waals surface area contributed by atoms with E-state index in [1.807, 2.05) is 39.3 Å². The summed E-state index contributed by atoms with van der Waals surface area (Å²) in [4.78, 5) is 2.07. The molecule has 1 aromatic rings. The molecule has 3 heteroatoms. The van der Waals surface area contributed by atoms with Crippen LogP contribution in [0.4, 0.5) is 5.69 Å². The standard InChI is InChI=1S/C10H15ClN2/c1-12-7-8-4-5-9(11)6-10(8)13(2)3/h4-6,12H,7H2,1-3H3. The van der Waals surface area contributed by atoms with Crippen molar-refractivity contribution in [2.75, 3.05) is 26.0 Å². The Balaban J connectivity index is 3.03. The molecule has 0 saturated carbocycles. The van der Waals surface area contributed by atoms with Crippen LogP contribution in [0.25, 0.3) is 0 Å². The van der Waals surface area contributed by atoms with E-state index in [2.05, 4.69) is 10.2 Å². The van der Waals surface area contributed by atoms with E-state index in [4.69, 9.17) is 11.6 Å². The van der Waals surface area contributed by atoms with Crippen molar-refractivity contribution in [1.29, 1.82) is 0 Å². The lowest BCUT2D eigenvalue weighted by Gasteiger charge is -2.17. The first-order valence-electron chi connectivity index (χ1n) is 4.25. The first-order chi connectivity index (χ1) is 6.15. The number of nitrogens with one attached hydrogen (secondary N) is 1. The quantitative estimate of drug-likeness (QED) is 0.801. The molecular weight excluding hydrogens is 184 g/mol. The summed E-state index contributed by atoms with van der Waals surface area (Å²) in [5.41, 5.74) is 2.43. The minimum absolute atomic E-state index is 0.781. The number of anilines is 1. The van der Waals surface area contributed by atoms with Crippen LogP contribution in [-0.2, 0) is 6.54 Å². The van der Waals surface area contributed by atoms with Gasteiger partial charge < -0.3 is 10.2 Å². The molecule has 2 nitrogen and oxygen atoms in total. The predicted octanol–water partition coefficient (Wildman–Crippen LogP) is 2.13. The SMILES string of the molecule is CNCc1ccc(Cl)cc1N(C)C. The smallest absolute Gasteiger partial charge is 0.0426 e. The fourth-order valence-corrected chi connectivity index (χ4v) is 1.46. The average Bonchev–Trinajstić information content (AvgIpc) is 2.08. The van der Waals surface area contributed by atoms with Crippen LogP contribution in [0, 0.1) is 0 Å². The van der Waals surface area contributed by atoms with Crippen LogP contribution < -0.4 is 10.2 Å². The molecule has 0 aliphatic carbocycles. The maximum absolute atomic E-state index is 5.91. The molecule has 0 unspecified atom stereocenters. The van der Waals surface area contributed by atoms with Gasteiger partial charge in [-0.1, -0.05) is 17.7 Å². The van der Waals surface area contributed by atoms with Gasteiger partial charge >= 0.3 is 0 Å². The van der Waals surface area contributed by atoms with Crippen LogP contribution in [0.1, 0.15) is 5.56 Å². The third-order valence-electron chi connectivity index (χ3n) is 1.90. The zero-order chi connectivity index (χ0) is 9.84. The minimum atomic E-state index is 0.781. The third kappa shape index (κ3) is 2.61. The number of benzene rings is 1. The number of halogens is 1. The number of hydrogen-bond acceptors (Lipinski definition) is 2. The summed E-state index contributed by atoms with van der Waals surface area (Å²) in [6, 6.07) is 5.95. The van der Waals surface area contributed by atoms with Gasteiger partial charge in [0, 0.05) is 31.4 Å². The molecule has 0 heterocycles. The Labute approximate surface area is 84.5 Å². The van der Waals surface area contributed by atoms with Crippen molar-refractivity contribution in [3.05, 3.63) is 28.8 Å². The molecule has 0 aliphatic heterocycles. The van der Waals surface area contributed by atoms with Crippen LogP contribution in [0.2, 0.25) is 5.02 Å². The molecule has 0 fully saturated rings. The summed E-state index contributed by atoms with van der Waals surface area (Å²) in [6.45, 7) is 0.866. The molecule has 72 valence electrons. The van der Waals surface area contributed by atoms with E-state index < -0.39 is 0 Å². The molecule has 1 N–H and O–H groups in total. The summed E-state index contributed by atoms with van der Waals surface area (Å²) >= 11 is 5.91. The average molecular weight is 199 g/mol. The Kier molecular flexibility index (Phi) is 3.58. The highest BCUT2D eigenvalue weighted by molar-refractivity contribution is 6.30. The summed E-state index contributed by atoms with van der Waals surface area (Å²) in [7, 11) is 5.98. The molecular formula is C10H15ClN2. The largest absolute Gasteiger partial charge is 0.377 e. The van der Waals surface area contributed by atoms with Gasteiger partial charge in [0.15, 0.2) is 0 Å². The van der Waals surface area contributed by atoms with Crippen LogP contribution in [0.3, 0.4) is 0 Å². The highest BCUT2D eigenvalue weighted by Crippen LogP contribution is 2.22. The Morgan fingerprint density at radius 3 is 2.62 bits per heavy atom. The van der Waals surface area contributed by atoms with Crippen molar-refractivity contribution in [3.8, 4) is 0 Å². The second kappa shape index (κ2) is 4.49. The number of nitrogens with zero attached hydrogens (tertiary/aromatic N) is 1. The fourth-order valence-electron chi connectivity index (χ4n) is 1.29. The lowest BCUT2D eigenvalue weighted by atomic mass is 10.1. The van der Waals surface area contributed by atoms with Crippen molar-refractivity contribution < 1.29 is 0 Å². The predicted molar refractivity (Wildman–Crippen MR) is 58.5 cm³/mol. The molecule has 0 aromatic heterocycles.